The molecule has 287 valence electrons. The molecule has 0 unspecified atom stereocenters. The van der Waals surface area contributed by atoms with Crippen molar-refractivity contribution in [1.82, 2.24) is 4.98 Å². The molecule has 0 fully saturated rings. The van der Waals surface area contributed by atoms with Gasteiger partial charge in [-0.1, -0.05) is 147 Å². The summed E-state index contributed by atoms with van der Waals surface area (Å²) in [5, 5.41) is 15.1. The van der Waals surface area contributed by atoms with Crippen LogP contribution in [0.1, 0.15) is 106 Å². The van der Waals surface area contributed by atoms with E-state index in [-0.39, 0.29) is 54.3 Å². The number of thiophene rings is 1. The average Bonchev–Trinajstić information content (AvgIpc) is 3.47. The van der Waals surface area contributed by atoms with Crippen LogP contribution in [0.3, 0.4) is 0 Å². The molecule has 0 spiro atoms. The zero-order valence-electron chi connectivity index (χ0n) is 34.2. The second-order valence-electron chi connectivity index (χ2n) is 17.1. The average molecular weight is 925 g/mol. The SMILES string of the molecule is CC(C)(C)Cc1c([Si](C)(C)c2ccccc2)sc2c(-c3[c-]c4ccccc4c(C(C)(C)C)c3)nccc12.CCC(CC)C(=O)/C=C(\O)C(CC)CC.[Ir]. The maximum atomic E-state index is 11.7. The molecule has 0 bridgehead atoms. The van der Waals surface area contributed by atoms with Crippen molar-refractivity contribution in [3.8, 4) is 11.3 Å². The normalized spacial score (nSPS) is 12.6. The van der Waals surface area contributed by atoms with Gasteiger partial charge in [-0.25, -0.2) is 0 Å². The van der Waals surface area contributed by atoms with Gasteiger partial charge in [-0.15, -0.1) is 29.1 Å². The van der Waals surface area contributed by atoms with E-state index in [2.05, 4.69) is 127 Å². The molecule has 0 amide bonds. The van der Waals surface area contributed by atoms with Gasteiger partial charge in [0.05, 0.1) is 5.76 Å². The summed E-state index contributed by atoms with van der Waals surface area (Å²) in [5.74, 6) is 0.547. The van der Waals surface area contributed by atoms with Crippen LogP contribution < -0.4 is 9.69 Å². The molecule has 3 nitrogen and oxygen atoms in total. The molecule has 5 aromatic rings. The number of pyridine rings is 1. The number of aliphatic hydroxyl groups is 1. The van der Waals surface area contributed by atoms with E-state index in [9.17, 15) is 9.90 Å². The van der Waals surface area contributed by atoms with E-state index in [1.165, 1.54) is 37.9 Å². The van der Waals surface area contributed by atoms with E-state index in [4.69, 9.17) is 4.98 Å². The Morgan fingerprint density at radius 1 is 0.849 bits per heavy atom. The van der Waals surface area contributed by atoms with E-state index in [1.54, 1.807) is 4.50 Å². The first-order chi connectivity index (χ1) is 24.5. The maximum Gasteiger partial charge on any atom is 0.162 e. The Morgan fingerprint density at radius 3 is 2.00 bits per heavy atom. The van der Waals surface area contributed by atoms with Gasteiger partial charge < -0.3 is 5.11 Å². The summed E-state index contributed by atoms with van der Waals surface area (Å²) < 4.78 is 2.88. The molecule has 2 aromatic heterocycles. The summed E-state index contributed by atoms with van der Waals surface area (Å²) in [6, 6.07) is 28.1. The summed E-state index contributed by atoms with van der Waals surface area (Å²) in [4.78, 5) is 16.7. The zero-order chi connectivity index (χ0) is 38.4. The Balaban J connectivity index is 0.000000403. The third kappa shape index (κ3) is 10.7. The minimum atomic E-state index is -1.91. The van der Waals surface area contributed by atoms with Crippen molar-refractivity contribution in [1.29, 1.82) is 0 Å². The number of fused-ring (bicyclic) bond motifs is 2. The topological polar surface area (TPSA) is 50.2 Å². The fourth-order valence-corrected chi connectivity index (χ4v) is 12.2. The first-order valence-electron chi connectivity index (χ1n) is 19.3. The minimum Gasteiger partial charge on any atom is -0.512 e. The Morgan fingerprint density at radius 2 is 1.43 bits per heavy atom. The zero-order valence-corrected chi connectivity index (χ0v) is 38.5. The van der Waals surface area contributed by atoms with Gasteiger partial charge in [0.15, 0.2) is 5.78 Å². The van der Waals surface area contributed by atoms with Crippen LogP contribution in [0.15, 0.2) is 84.8 Å². The molecule has 0 atom stereocenters. The molecular weight excluding hydrogens is 863 g/mol. The molecule has 1 N–H and O–H groups in total. The van der Waals surface area contributed by atoms with Gasteiger partial charge in [-0.2, -0.15) is 11.3 Å². The molecule has 6 heteroatoms. The van der Waals surface area contributed by atoms with Gasteiger partial charge in [0.25, 0.3) is 0 Å². The predicted octanol–water partition coefficient (Wildman–Crippen LogP) is 12.5. The van der Waals surface area contributed by atoms with Crippen LogP contribution in [-0.4, -0.2) is 23.9 Å². The van der Waals surface area contributed by atoms with Crippen molar-refractivity contribution in [2.45, 2.75) is 120 Å². The summed E-state index contributed by atoms with van der Waals surface area (Å²) in [7, 11) is -1.91. The smallest absolute Gasteiger partial charge is 0.162 e. The van der Waals surface area contributed by atoms with Gasteiger partial charge in [-0.3, -0.25) is 9.78 Å². The Bertz CT molecular complexity index is 1990. The number of hydrogen-bond acceptors (Lipinski definition) is 4. The molecule has 0 aliphatic heterocycles. The second-order valence-corrected chi connectivity index (χ2v) is 22.8. The molecular formula is C47H62IrNO2SSi-. The minimum absolute atomic E-state index is 0. The molecule has 1 radical (unpaired) electrons. The van der Waals surface area contributed by atoms with Crippen molar-refractivity contribution < 1.29 is 30.0 Å². The number of aliphatic hydroxyl groups excluding tert-OH is 1. The van der Waals surface area contributed by atoms with Crippen LogP contribution in [0.2, 0.25) is 13.1 Å². The second kappa shape index (κ2) is 18.6. The third-order valence-electron chi connectivity index (χ3n) is 10.4. The van der Waals surface area contributed by atoms with E-state index >= 15 is 0 Å². The van der Waals surface area contributed by atoms with Crippen molar-refractivity contribution in [3.05, 3.63) is 102 Å². The largest absolute Gasteiger partial charge is 0.512 e. The molecule has 0 aliphatic rings. The van der Waals surface area contributed by atoms with Gasteiger partial charge in [0, 0.05) is 54.6 Å². The van der Waals surface area contributed by atoms with E-state index in [0.717, 1.165) is 48.7 Å². The molecule has 3 aromatic carbocycles. The Kier molecular flexibility index (Phi) is 15.6. The number of benzene rings is 3. The summed E-state index contributed by atoms with van der Waals surface area (Å²) >= 11 is 1.99. The molecule has 53 heavy (non-hydrogen) atoms. The fraction of sp³-hybridized carbons (Fsp3) is 0.447. The van der Waals surface area contributed by atoms with Crippen LogP contribution in [0.5, 0.6) is 0 Å². The quantitative estimate of drug-likeness (QED) is 0.0621. The van der Waals surface area contributed by atoms with Gasteiger partial charge >= 0.3 is 0 Å². The van der Waals surface area contributed by atoms with Crippen molar-refractivity contribution >= 4 is 55.7 Å². The van der Waals surface area contributed by atoms with E-state index in [0.29, 0.717) is 0 Å². The van der Waals surface area contributed by atoms with Crippen LogP contribution in [0, 0.1) is 23.3 Å². The van der Waals surface area contributed by atoms with E-state index in [1.807, 2.05) is 45.2 Å². The van der Waals surface area contributed by atoms with Crippen LogP contribution in [0.25, 0.3) is 32.1 Å². The third-order valence-corrected chi connectivity index (χ3v) is 16.5. The fourth-order valence-electron chi connectivity index (χ4n) is 7.22. The van der Waals surface area contributed by atoms with Crippen molar-refractivity contribution in [2.24, 2.45) is 17.3 Å². The number of aromatic nitrogens is 1. The number of carbonyl (C=O) groups is 1. The van der Waals surface area contributed by atoms with E-state index < -0.39 is 8.07 Å². The van der Waals surface area contributed by atoms with Crippen LogP contribution >= 0.6 is 11.3 Å². The summed E-state index contributed by atoms with van der Waals surface area (Å²) in [6.07, 6.45) is 7.98. The molecule has 0 aliphatic carbocycles. The van der Waals surface area contributed by atoms with Gasteiger partial charge in [0.1, 0.15) is 8.07 Å². The summed E-state index contributed by atoms with van der Waals surface area (Å²) in [6.45, 7) is 27.0. The number of carbonyl (C=O) groups excluding carboxylic acids is 1. The van der Waals surface area contributed by atoms with Crippen LogP contribution in [-0.2, 0) is 36.7 Å². The number of rotatable bonds is 11. The number of nitrogens with zero attached hydrogens (tertiary/aromatic N) is 1. The monoisotopic (exact) mass is 925 g/mol. The number of allylic oxidation sites excluding steroid dienone is 2. The molecule has 2 heterocycles. The Hall–Kier alpha value is -2.89. The maximum absolute atomic E-state index is 11.7. The van der Waals surface area contributed by atoms with Gasteiger partial charge in [0.2, 0.25) is 0 Å². The van der Waals surface area contributed by atoms with Crippen molar-refractivity contribution in [2.75, 3.05) is 0 Å². The number of ketones is 1. The van der Waals surface area contributed by atoms with Crippen molar-refractivity contribution in [3.63, 3.8) is 0 Å². The number of hydrogen-bond donors (Lipinski definition) is 1. The molecule has 0 saturated heterocycles. The van der Waals surface area contributed by atoms with Gasteiger partial charge in [-0.05, 0) is 64.5 Å². The Labute approximate surface area is 339 Å². The van der Waals surface area contributed by atoms with Crippen LogP contribution in [0.4, 0.5) is 0 Å². The first kappa shape index (κ1) is 44.5. The molecule has 0 saturated carbocycles. The summed E-state index contributed by atoms with van der Waals surface area (Å²) in [5.41, 5.74) is 5.26. The first-order valence-corrected chi connectivity index (χ1v) is 23.1. The standard InChI is InChI=1S/C34H38NSSi.C13H24O2.Ir/c1-33(2,3)22-28-27-18-19-35-30(31(27)36-32(28)37(7,8)25-15-10-9-11-16-25)24-20-23-14-12-13-17-26(23)29(21-24)34(4,5)6;1-5-10(6-2)12(14)9-13(15)11(7-3)8-4;/h9-19,21H,22H2,1-8H3;9-11,14H,5-8H2,1-4H3;/q-1;;/b;12-9-;. The predicted molar refractivity (Wildman–Crippen MR) is 230 cm³/mol. The molecule has 5 rings (SSSR count).